The Morgan fingerprint density at radius 1 is 1.00 bits per heavy atom. The van der Waals surface area contributed by atoms with Gasteiger partial charge in [0.1, 0.15) is 0 Å². The van der Waals surface area contributed by atoms with E-state index in [4.69, 9.17) is 0 Å². The van der Waals surface area contributed by atoms with Crippen molar-refractivity contribution in [2.75, 3.05) is 0 Å². The van der Waals surface area contributed by atoms with E-state index < -0.39 is 13.3 Å². The second-order valence-electron chi connectivity index (χ2n) is 4.99. The van der Waals surface area contributed by atoms with Crippen LogP contribution in [0, 0.1) is 0 Å². The third-order valence-electron chi connectivity index (χ3n) is 2.39. The first-order valence-electron chi connectivity index (χ1n) is 5.02. The molecule has 1 rings (SSSR count). The van der Waals surface area contributed by atoms with Crippen molar-refractivity contribution in [3.63, 3.8) is 0 Å². The molecule has 1 aromatic carbocycles. The fourth-order valence-electron chi connectivity index (χ4n) is 1.68. The average molecular weight is 237 g/mol. The maximum absolute atomic E-state index is 2.46. The molecule has 0 amide bonds. The molecule has 0 radical (unpaired) electrons. The van der Waals surface area contributed by atoms with E-state index in [0.717, 1.165) is 0 Å². The van der Waals surface area contributed by atoms with Crippen LogP contribution in [0.15, 0.2) is 24.3 Å². The summed E-state index contributed by atoms with van der Waals surface area (Å²) in [6.45, 7) is 4.57. The summed E-state index contributed by atoms with van der Waals surface area (Å²) in [6, 6.07) is 8.95. The van der Waals surface area contributed by atoms with E-state index in [2.05, 4.69) is 55.4 Å². The average Bonchev–Trinajstić information content (AvgIpc) is 2.03. The monoisotopic (exact) mass is 238 g/mol. The third kappa shape index (κ3) is 2.60. The molecular weight excluding hydrogens is 217 g/mol. The molecule has 0 unspecified atom stereocenters. The summed E-state index contributed by atoms with van der Waals surface area (Å²) in [6.07, 6.45) is 0. The summed E-state index contributed by atoms with van der Waals surface area (Å²) >= 11 is -1.63. The van der Waals surface area contributed by atoms with Crippen molar-refractivity contribution in [2.45, 2.75) is 37.0 Å². The summed E-state index contributed by atoms with van der Waals surface area (Å²) in [5, 5.41) is 0. The van der Waals surface area contributed by atoms with Crippen molar-refractivity contribution in [2.24, 2.45) is 0 Å². The van der Waals surface area contributed by atoms with E-state index in [9.17, 15) is 0 Å². The zero-order valence-corrected chi connectivity index (χ0v) is 11.5. The maximum atomic E-state index is 2.46. The molecule has 0 atom stereocenters. The van der Waals surface area contributed by atoms with Crippen LogP contribution < -0.4 is 4.40 Å². The van der Waals surface area contributed by atoms with Gasteiger partial charge in [0.2, 0.25) is 0 Å². The van der Waals surface area contributed by atoms with Crippen LogP contribution >= 0.6 is 0 Å². The molecule has 1 heteroatoms. The zero-order chi connectivity index (χ0) is 10.1. The fourth-order valence-corrected chi connectivity index (χ4v) is 5.53. The van der Waals surface area contributed by atoms with Gasteiger partial charge in [-0.25, -0.2) is 0 Å². The van der Waals surface area contributed by atoms with Gasteiger partial charge in [0.25, 0.3) is 0 Å². The van der Waals surface area contributed by atoms with Crippen LogP contribution in [0.3, 0.4) is 0 Å². The van der Waals surface area contributed by atoms with E-state index in [1.807, 2.05) is 0 Å². The molecule has 0 heterocycles. The summed E-state index contributed by atoms with van der Waals surface area (Å²) in [5.41, 5.74) is 1.56. The predicted octanol–water partition coefficient (Wildman–Crippen LogP) is 3.36. The Bertz CT molecular complexity index is 281. The van der Waals surface area contributed by atoms with E-state index in [-0.39, 0.29) is 0 Å². The fraction of sp³-hybridized carbons (Fsp3) is 0.500. The second-order valence-corrected chi connectivity index (χ2v) is 15.6. The van der Waals surface area contributed by atoms with Crippen LogP contribution in [-0.4, -0.2) is 13.3 Å². The molecule has 1 aromatic rings. The Balaban J connectivity index is 3.20. The molecule has 0 saturated carbocycles. The summed E-state index contributed by atoms with van der Waals surface area (Å²) in [5.74, 6) is 8.05. The topological polar surface area (TPSA) is 0 Å². The van der Waals surface area contributed by atoms with E-state index in [1.165, 1.54) is 0 Å². The first kappa shape index (κ1) is 10.8. The third-order valence-corrected chi connectivity index (χ3v) is 6.74. The van der Waals surface area contributed by atoms with Crippen molar-refractivity contribution < 1.29 is 0 Å². The predicted molar refractivity (Wildman–Crippen MR) is 63.5 cm³/mol. The van der Waals surface area contributed by atoms with Crippen LogP contribution in [0.4, 0.5) is 0 Å². The standard InChI is InChI=1S/C12H20Ge/c1-10(2)11-8-6-7-9-12(11)13(3,4)5/h6-10H,1-5H3. The molecule has 0 aliphatic heterocycles. The summed E-state index contributed by atoms with van der Waals surface area (Å²) < 4.78 is 1.66. The van der Waals surface area contributed by atoms with E-state index in [1.54, 1.807) is 9.96 Å². The van der Waals surface area contributed by atoms with Crippen molar-refractivity contribution in [3.05, 3.63) is 29.8 Å². The van der Waals surface area contributed by atoms with Gasteiger partial charge in [0.05, 0.1) is 0 Å². The van der Waals surface area contributed by atoms with Gasteiger partial charge in [-0.05, 0) is 0 Å². The molecule has 0 nitrogen and oxygen atoms in total. The van der Waals surface area contributed by atoms with Crippen molar-refractivity contribution in [1.29, 1.82) is 0 Å². The summed E-state index contributed by atoms with van der Waals surface area (Å²) in [4.78, 5) is 0. The first-order valence-corrected chi connectivity index (χ1v) is 12.4. The minimum absolute atomic E-state index is 0.668. The van der Waals surface area contributed by atoms with Gasteiger partial charge in [-0.2, -0.15) is 0 Å². The van der Waals surface area contributed by atoms with Crippen LogP contribution in [0.1, 0.15) is 25.3 Å². The Kier molecular flexibility index (Phi) is 3.23. The van der Waals surface area contributed by atoms with Gasteiger partial charge >= 0.3 is 84.5 Å². The van der Waals surface area contributed by atoms with E-state index >= 15 is 0 Å². The van der Waals surface area contributed by atoms with Gasteiger partial charge < -0.3 is 0 Å². The van der Waals surface area contributed by atoms with Crippen LogP contribution in [0.2, 0.25) is 17.3 Å². The molecule has 13 heavy (non-hydrogen) atoms. The molecule has 0 spiro atoms. The Morgan fingerprint density at radius 2 is 1.54 bits per heavy atom. The quantitative estimate of drug-likeness (QED) is 0.691. The van der Waals surface area contributed by atoms with Crippen molar-refractivity contribution in [3.8, 4) is 0 Å². The van der Waals surface area contributed by atoms with Crippen LogP contribution in [-0.2, 0) is 0 Å². The number of rotatable bonds is 2. The van der Waals surface area contributed by atoms with Crippen molar-refractivity contribution >= 4 is 17.7 Å². The number of hydrogen-bond donors (Lipinski definition) is 0. The first-order chi connectivity index (χ1) is 5.93. The Morgan fingerprint density at radius 3 is 1.92 bits per heavy atom. The van der Waals surface area contributed by atoms with Gasteiger partial charge in [-0.15, -0.1) is 0 Å². The Hall–Kier alpha value is -0.237. The SMILES string of the molecule is CC(C)c1cccc[c]1[Ge]([CH3])([CH3])[CH3]. The van der Waals surface area contributed by atoms with Gasteiger partial charge in [-0.3, -0.25) is 0 Å². The molecule has 0 aliphatic carbocycles. The molecule has 0 bridgehead atoms. The molecule has 72 valence electrons. The second kappa shape index (κ2) is 3.87. The normalized spacial score (nSPS) is 12.2. The van der Waals surface area contributed by atoms with Crippen LogP contribution in [0.5, 0.6) is 0 Å². The van der Waals surface area contributed by atoms with Gasteiger partial charge in [-0.1, -0.05) is 0 Å². The molecule has 0 fully saturated rings. The summed E-state index contributed by atoms with van der Waals surface area (Å²) in [7, 11) is 0. The molecule has 0 aromatic heterocycles. The number of benzene rings is 1. The molecule has 0 aliphatic rings. The van der Waals surface area contributed by atoms with E-state index in [0.29, 0.717) is 5.92 Å². The van der Waals surface area contributed by atoms with Crippen molar-refractivity contribution in [1.82, 2.24) is 0 Å². The van der Waals surface area contributed by atoms with Gasteiger partial charge in [0, 0.05) is 0 Å². The minimum atomic E-state index is -1.63. The number of hydrogen-bond acceptors (Lipinski definition) is 0. The molecule has 0 N–H and O–H groups in total. The Labute approximate surface area is 84.7 Å². The van der Waals surface area contributed by atoms with Gasteiger partial charge in [0.15, 0.2) is 0 Å². The zero-order valence-electron chi connectivity index (χ0n) is 9.39. The molecule has 0 saturated heterocycles. The molecular formula is C12H20Ge. The van der Waals surface area contributed by atoms with Crippen LogP contribution in [0.25, 0.3) is 0 Å².